The van der Waals surface area contributed by atoms with Gasteiger partial charge >= 0.3 is 12.3 Å². The first-order valence-corrected chi connectivity index (χ1v) is 25.6. The van der Waals surface area contributed by atoms with Crippen LogP contribution in [0.3, 0.4) is 0 Å². The second kappa shape index (κ2) is 21.9. The van der Waals surface area contributed by atoms with E-state index in [1.807, 2.05) is 45.1 Å². The minimum Gasteiger partial charge on any atom is -0.497 e. The van der Waals surface area contributed by atoms with Gasteiger partial charge in [0.1, 0.15) is 35.4 Å². The van der Waals surface area contributed by atoms with E-state index in [-0.39, 0.29) is 36.8 Å². The minimum atomic E-state index is -4.93. The molecule has 71 heavy (non-hydrogen) atoms. The first-order valence-electron chi connectivity index (χ1n) is 24.2. The number of carbonyl (C=O) groups excluding carboxylic acids is 4. The number of ether oxygens (including phenoxy) is 5. The van der Waals surface area contributed by atoms with Gasteiger partial charge in [0.15, 0.2) is 5.75 Å². The summed E-state index contributed by atoms with van der Waals surface area (Å²) in [5.41, 5.74) is 4.10. The molecule has 16 nitrogen and oxygen atoms in total. The highest BCUT2D eigenvalue weighted by Gasteiger charge is 2.53. The molecule has 6 rings (SSSR count). The number of alkyl carbamates (subject to hydrolysis) is 1. The topological polar surface area (TPSA) is 215 Å². The van der Waals surface area contributed by atoms with Crippen molar-refractivity contribution < 1.29 is 64.5 Å². The van der Waals surface area contributed by atoms with Crippen molar-refractivity contribution in [3.63, 3.8) is 0 Å². The molecule has 3 aliphatic rings. The Morgan fingerprint density at radius 1 is 0.972 bits per heavy atom. The summed E-state index contributed by atoms with van der Waals surface area (Å²) in [6.45, 7) is 10.3. The van der Waals surface area contributed by atoms with Crippen LogP contribution in [0.25, 0.3) is 22.0 Å². The average molecular weight is 1020 g/mol. The van der Waals surface area contributed by atoms with Crippen molar-refractivity contribution in [2.24, 2.45) is 29.4 Å². The lowest BCUT2D eigenvalue weighted by molar-refractivity contribution is -0.244. The van der Waals surface area contributed by atoms with Crippen LogP contribution in [0, 0.1) is 23.7 Å². The molecule has 0 spiro atoms. The highest BCUT2D eigenvalue weighted by atomic mass is 32.2. The molecule has 7 atom stereocenters. The molecule has 1 aliphatic heterocycles. The molecule has 4 N–H and O–H groups in total. The van der Waals surface area contributed by atoms with Crippen LogP contribution in [0.2, 0.25) is 0 Å². The fourth-order valence-electron chi connectivity index (χ4n) is 9.31. The van der Waals surface area contributed by atoms with Crippen molar-refractivity contribution in [1.82, 2.24) is 19.9 Å². The van der Waals surface area contributed by atoms with E-state index in [9.17, 15) is 40.8 Å². The maximum absolute atomic E-state index is 14.7. The van der Waals surface area contributed by atoms with Gasteiger partial charge in [-0.15, -0.1) is 0 Å². The Hall–Kier alpha value is -5.79. The lowest BCUT2D eigenvalue weighted by Gasteiger charge is -2.33. The van der Waals surface area contributed by atoms with Gasteiger partial charge in [0, 0.05) is 28.7 Å². The summed E-state index contributed by atoms with van der Waals surface area (Å²) in [5, 5.41) is 3.52. The molecule has 1 aromatic heterocycles. The van der Waals surface area contributed by atoms with E-state index in [2.05, 4.69) is 10.0 Å². The highest BCUT2D eigenvalue weighted by Crippen LogP contribution is 2.44. The molecule has 20 heteroatoms. The Labute approximate surface area is 413 Å². The molecule has 4 amide bonds. The van der Waals surface area contributed by atoms with Crippen LogP contribution < -0.4 is 34.7 Å². The number of hydrogen-bond donors (Lipinski definition) is 3. The fourth-order valence-corrected chi connectivity index (χ4v) is 10.6. The lowest BCUT2D eigenvalue weighted by Crippen LogP contribution is -2.56. The van der Waals surface area contributed by atoms with Gasteiger partial charge in [0.2, 0.25) is 39.2 Å². The predicted octanol–water partition coefficient (Wildman–Crippen LogP) is 8.39. The molecule has 1 unspecified atom stereocenters. The van der Waals surface area contributed by atoms with Crippen LogP contribution >= 0.6 is 0 Å². The Bertz CT molecular complexity index is 2570. The van der Waals surface area contributed by atoms with E-state index in [0.29, 0.717) is 91.7 Å². The lowest BCUT2D eigenvalue weighted by atomic mass is 9.87. The Balaban J connectivity index is 1.21. The van der Waals surface area contributed by atoms with Crippen molar-refractivity contribution in [3.05, 3.63) is 54.6 Å². The first-order chi connectivity index (χ1) is 33.3. The molecule has 2 saturated carbocycles. The number of nitrogens with two attached hydrogens (primary N) is 1. The van der Waals surface area contributed by atoms with Gasteiger partial charge in [-0.05, 0) is 140 Å². The van der Waals surface area contributed by atoms with E-state index >= 15 is 0 Å². The fraction of sp³-hybridized carbons (Fsp3) is 0.588. The Morgan fingerprint density at radius 2 is 1.65 bits per heavy atom. The van der Waals surface area contributed by atoms with Gasteiger partial charge in [-0.25, -0.2) is 18.2 Å². The third-order valence-corrected chi connectivity index (χ3v) is 16.0. The van der Waals surface area contributed by atoms with E-state index in [1.54, 1.807) is 44.2 Å². The molecule has 2 aliphatic carbocycles. The van der Waals surface area contributed by atoms with Gasteiger partial charge in [0.05, 0.1) is 31.6 Å². The number of pyridine rings is 1. The number of amides is 4. The third kappa shape index (κ3) is 12.8. The summed E-state index contributed by atoms with van der Waals surface area (Å²) in [4.78, 5) is 60.3. The summed E-state index contributed by atoms with van der Waals surface area (Å²) in [6.07, 6.45) is 1.08. The van der Waals surface area contributed by atoms with Gasteiger partial charge in [-0.3, -0.25) is 19.1 Å². The third-order valence-electron chi connectivity index (χ3n) is 13.9. The largest absolute Gasteiger partial charge is 0.497 e. The maximum atomic E-state index is 14.7. The van der Waals surface area contributed by atoms with E-state index < -0.39 is 80.4 Å². The quantitative estimate of drug-likeness (QED) is 0.0859. The molecule has 3 aromatic rings. The van der Waals surface area contributed by atoms with Crippen molar-refractivity contribution in [3.8, 4) is 34.4 Å². The maximum Gasteiger partial charge on any atom is 0.427 e. The number of hydrogen-bond acceptors (Lipinski definition) is 12. The number of benzene rings is 2. The van der Waals surface area contributed by atoms with Crippen molar-refractivity contribution in [2.45, 2.75) is 147 Å². The normalized spacial score (nSPS) is 21.4. The molecular formula is C51H68F3N5O11S. The monoisotopic (exact) mass is 1020 g/mol. The second-order valence-electron chi connectivity index (χ2n) is 20.2. The number of fused-ring (bicyclic) bond motifs is 1. The van der Waals surface area contributed by atoms with Crippen LogP contribution in [0.4, 0.5) is 18.0 Å². The van der Waals surface area contributed by atoms with Gasteiger partial charge in [0.25, 0.3) is 0 Å². The van der Waals surface area contributed by atoms with Crippen LogP contribution in [0.1, 0.15) is 106 Å². The smallest absolute Gasteiger partial charge is 0.427 e. The summed E-state index contributed by atoms with van der Waals surface area (Å²) in [6, 6.07) is 9.80. The second-order valence-corrected chi connectivity index (χ2v) is 22.4. The summed E-state index contributed by atoms with van der Waals surface area (Å²) in [5.74, 6) is -1.77. The van der Waals surface area contributed by atoms with Gasteiger partial charge < -0.3 is 39.6 Å². The predicted molar refractivity (Wildman–Crippen MR) is 260 cm³/mol. The van der Waals surface area contributed by atoms with Crippen LogP contribution in [-0.2, 0) is 29.1 Å². The number of methoxy groups -OCH3 is 2. The molecule has 2 heterocycles. The van der Waals surface area contributed by atoms with E-state index in [0.717, 1.165) is 12.8 Å². The van der Waals surface area contributed by atoms with Crippen LogP contribution in [-0.4, -0.2) is 104 Å². The van der Waals surface area contributed by atoms with Crippen LogP contribution in [0.15, 0.2) is 54.6 Å². The average Bonchev–Trinajstić information content (AvgIpc) is 3.66. The van der Waals surface area contributed by atoms with Gasteiger partial charge in [-0.2, -0.15) is 13.2 Å². The number of sulfonamides is 1. The summed E-state index contributed by atoms with van der Waals surface area (Å²) < 4.78 is 97.2. The number of carbonyl (C=O) groups is 4. The Morgan fingerprint density at radius 3 is 2.25 bits per heavy atom. The van der Waals surface area contributed by atoms with Crippen molar-refractivity contribution in [2.75, 3.05) is 20.8 Å². The summed E-state index contributed by atoms with van der Waals surface area (Å²) in [7, 11) is -0.720. The number of aromatic nitrogens is 1. The van der Waals surface area contributed by atoms with E-state index in [1.165, 1.54) is 19.1 Å². The van der Waals surface area contributed by atoms with Crippen molar-refractivity contribution >= 4 is 44.6 Å². The van der Waals surface area contributed by atoms with Crippen molar-refractivity contribution in [1.29, 1.82) is 0 Å². The standard InChI is InChI=1S/C51H68F3N5O11S/c1-29(2)68-34-19-17-33(18-20-34)42-43(67-9)39-26-35(66-8)21-22-38(39)46(56-42)69-36-27-40(44(55)60)59(28-36)47(62)41(57-48(63)70-49(5,6)51(52,53)54)31(4)25-30(3)13-10-11-14-32-15-12-16-37(32)45(61)58-71(64,65)50(7)23-24-50/h11,14,17-22,26,29-32,36-37,40-41H,10,12-13,15-16,23-25,27-28H2,1-9H3,(H2,55,60)(H,57,63)(H,58,61)/b14-11-/t30-,31+,32+,36+,37?,40-,41-/m0/s1. The first kappa shape index (κ1) is 54.5. The number of alkyl halides is 3. The number of allylic oxidation sites excluding steroid dienone is 2. The molecule has 390 valence electrons. The molecule has 3 fully saturated rings. The number of halogens is 3. The zero-order valence-electron chi connectivity index (χ0n) is 41.9. The molecule has 1 saturated heterocycles. The highest BCUT2D eigenvalue weighted by molar-refractivity contribution is 7.91. The number of nitrogens with one attached hydrogen (secondary N) is 2. The SMILES string of the molecule is COc1ccc2c(O[C@@H]3C[C@@H](C(N)=O)N(C(=O)[C@@H](NC(=O)OC(C)(C)C(F)(F)F)[C@H](C)C[C@@H](C)CC/C=C\[C@@H]4CCCC4C(=O)NS(=O)(=O)C4(C)CC4)C3)nc(-c3ccc(OC(C)C)cc3)c(OC)c2c1. The number of likely N-dealkylation sites (tertiary alicyclic amines) is 1. The zero-order chi connectivity index (χ0) is 52.2. The van der Waals surface area contributed by atoms with Gasteiger partial charge in [-0.1, -0.05) is 32.4 Å². The minimum absolute atomic E-state index is 0.0528. The molecule has 2 aromatic carbocycles. The van der Waals surface area contributed by atoms with Crippen LogP contribution in [0.5, 0.6) is 23.1 Å². The number of rotatable bonds is 21. The molecule has 0 radical (unpaired) electrons. The number of nitrogens with zero attached hydrogens (tertiary/aromatic N) is 2. The number of primary amides is 1. The summed E-state index contributed by atoms with van der Waals surface area (Å²) >= 11 is 0. The van der Waals surface area contributed by atoms with E-state index in [4.69, 9.17) is 34.4 Å². The molecular weight excluding hydrogens is 948 g/mol. The Kier molecular flexibility index (Phi) is 16.8. The zero-order valence-corrected chi connectivity index (χ0v) is 42.7. The molecule has 0 bridgehead atoms.